The lowest BCUT2D eigenvalue weighted by molar-refractivity contribution is 0.628. The van der Waals surface area contributed by atoms with Gasteiger partial charge in [-0.05, 0) is 17.7 Å². The highest BCUT2D eigenvalue weighted by Gasteiger charge is 1.98. The molecule has 0 aliphatic heterocycles. The molecular formula is C9H9ClFN3. The maximum atomic E-state index is 12.9. The van der Waals surface area contributed by atoms with Gasteiger partial charge in [-0.25, -0.2) is 4.39 Å². The first kappa shape index (κ1) is 10.7. The first-order valence-electron chi connectivity index (χ1n) is 3.87. The van der Waals surface area contributed by atoms with Crippen molar-refractivity contribution in [2.45, 2.75) is 0 Å². The average Bonchev–Trinajstić information content (AvgIpc) is 2.10. The summed E-state index contributed by atoms with van der Waals surface area (Å²) in [7, 11) is 0. The van der Waals surface area contributed by atoms with Gasteiger partial charge in [0.15, 0.2) is 0 Å². The molecule has 0 amide bonds. The summed E-state index contributed by atoms with van der Waals surface area (Å²) >= 11 is 5.49. The summed E-state index contributed by atoms with van der Waals surface area (Å²) in [5.41, 5.74) is 5.68. The van der Waals surface area contributed by atoms with Gasteiger partial charge in [0, 0.05) is 6.21 Å². The Hall–Kier alpha value is -1.42. The SMILES string of the molecule is N=C(N)CN=Cc1ccc(Cl)c(F)c1. The molecule has 0 aliphatic carbocycles. The van der Waals surface area contributed by atoms with Crippen molar-refractivity contribution in [1.29, 1.82) is 5.41 Å². The summed E-state index contributed by atoms with van der Waals surface area (Å²) in [4.78, 5) is 3.83. The van der Waals surface area contributed by atoms with Crippen molar-refractivity contribution in [2.75, 3.05) is 6.54 Å². The third kappa shape index (κ3) is 3.14. The number of nitrogens with two attached hydrogens (primary N) is 1. The van der Waals surface area contributed by atoms with Gasteiger partial charge in [-0.1, -0.05) is 17.7 Å². The van der Waals surface area contributed by atoms with E-state index in [-0.39, 0.29) is 17.4 Å². The molecule has 3 nitrogen and oxygen atoms in total. The normalized spacial score (nSPS) is 10.7. The Kier molecular flexibility index (Phi) is 3.59. The maximum Gasteiger partial charge on any atom is 0.142 e. The van der Waals surface area contributed by atoms with Crippen LogP contribution in [0.15, 0.2) is 23.2 Å². The quantitative estimate of drug-likeness (QED) is 0.584. The second-order valence-corrected chi connectivity index (χ2v) is 3.08. The van der Waals surface area contributed by atoms with E-state index in [0.717, 1.165) is 0 Å². The monoisotopic (exact) mass is 213 g/mol. The summed E-state index contributed by atoms with van der Waals surface area (Å²) in [6.45, 7) is 0.115. The van der Waals surface area contributed by atoms with E-state index in [1.807, 2.05) is 0 Å². The molecule has 0 aromatic heterocycles. The molecular weight excluding hydrogens is 205 g/mol. The van der Waals surface area contributed by atoms with Crippen molar-refractivity contribution < 1.29 is 4.39 Å². The Morgan fingerprint density at radius 1 is 1.64 bits per heavy atom. The van der Waals surface area contributed by atoms with Crippen LogP contribution in [0, 0.1) is 11.2 Å². The Morgan fingerprint density at radius 2 is 2.36 bits per heavy atom. The summed E-state index contributed by atoms with van der Waals surface area (Å²) in [5.74, 6) is -0.519. The molecule has 1 aromatic carbocycles. The van der Waals surface area contributed by atoms with E-state index in [1.54, 1.807) is 6.07 Å². The standard InChI is InChI=1S/C9H9ClFN3/c10-7-2-1-6(3-8(7)11)4-14-5-9(12)13/h1-4H,5H2,(H3,12,13). The minimum Gasteiger partial charge on any atom is -0.386 e. The van der Waals surface area contributed by atoms with E-state index < -0.39 is 5.82 Å². The molecule has 1 aromatic rings. The number of aliphatic imine (C=N–C) groups is 1. The third-order valence-electron chi connectivity index (χ3n) is 1.45. The van der Waals surface area contributed by atoms with Crippen LogP contribution in [-0.2, 0) is 0 Å². The zero-order valence-corrected chi connectivity index (χ0v) is 8.05. The van der Waals surface area contributed by atoms with Crippen molar-refractivity contribution in [3.63, 3.8) is 0 Å². The van der Waals surface area contributed by atoms with Gasteiger partial charge in [0.1, 0.15) is 11.7 Å². The number of benzene rings is 1. The smallest absolute Gasteiger partial charge is 0.142 e. The van der Waals surface area contributed by atoms with E-state index >= 15 is 0 Å². The Labute approximate surface area is 85.9 Å². The fourth-order valence-electron chi connectivity index (χ4n) is 0.842. The number of hydrogen-bond acceptors (Lipinski definition) is 2. The maximum absolute atomic E-state index is 12.9. The third-order valence-corrected chi connectivity index (χ3v) is 1.75. The molecule has 0 atom stereocenters. The summed E-state index contributed by atoms with van der Waals surface area (Å²) < 4.78 is 12.9. The molecule has 0 saturated heterocycles. The van der Waals surface area contributed by atoms with Crippen LogP contribution in [0.25, 0.3) is 0 Å². The zero-order chi connectivity index (χ0) is 10.6. The van der Waals surface area contributed by atoms with Crippen LogP contribution < -0.4 is 5.73 Å². The fraction of sp³-hybridized carbons (Fsp3) is 0.111. The Bertz CT molecular complexity index is 376. The first-order valence-corrected chi connectivity index (χ1v) is 4.25. The first-order chi connectivity index (χ1) is 6.59. The molecule has 0 saturated carbocycles. The van der Waals surface area contributed by atoms with Crippen molar-refractivity contribution >= 4 is 23.7 Å². The highest BCUT2D eigenvalue weighted by molar-refractivity contribution is 6.30. The average molecular weight is 214 g/mol. The molecule has 5 heteroatoms. The summed E-state index contributed by atoms with van der Waals surface area (Å²) in [5, 5.41) is 6.98. The molecule has 0 radical (unpaired) electrons. The van der Waals surface area contributed by atoms with Crippen LogP contribution in [0.5, 0.6) is 0 Å². The Morgan fingerprint density at radius 3 is 2.93 bits per heavy atom. The predicted molar refractivity (Wildman–Crippen MR) is 55.8 cm³/mol. The zero-order valence-electron chi connectivity index (χ0n) is 7.30. The minimum atomic E-state index is -0.488. The molecule has 0 heterocycles. The van der Waals surface area contributed by atoms with Gasteiger partial charge in [-0.2, -0.15) is 0 Å². The van der Waals surface area contributed by atoms with Gasteiger partial charge < -0.3 is 5.73 Å². The van der Waals surface area contributed by atoms with E-state index in [4.69, 9.17) is 22.7 Å². The molecule has 0 aliphatic rings. The van der Waals surface area contributed by atoms with Gasteiger partial charge in [0.2, 0.25) is 0 Å². The van der Waals surface area contributed by atoms with Gasteiger partial charge in [0.05, 0.1) is 11.6 Å². The second-order valence-electron chi connectivity index (χ2n) is 2.67. The fourth-order valence-corrected chi connectivity index (χ4v) is 0.960. The predicted octanol–water partition coefficient (Wildman–Crippen LogP) is 1.83. The molecule has 3 N–H and O–H groups in total. The van der Waals surface area contributed by atoms with Gasteiger partial charge in [-0.3, -0.25) is 10.4 Å². The van der Waals surface area contributed by atoms with E-state index in [1.165, 1.54) is 18.3 Å². The van der Waals surface area contributed by atoms with E-state index in [9.17, 15) is 4.39 Å². The molecule has 0 spiro atoms. The van der Waals surface area contributed by atoms with Crippen LogP contribution in [0.2, 0.25) is 5.02 Å². The number of nitrogens with zero attached hydrogens (tertiary/aromatic N) is 1. The summed E-state index contributed by atoms with van der Waals surface area (Å²) in [6, 6.07) is 4.35. The molecule has 14 heavy (non-hydrogen) atoms. The van der Waals surface area contributed by atoms with Crippen molar-refractivity contribution in [3.05, 3.63) is 34.6 Å². The van der Waals surface area contributed by atoms with Crippen LogP contribution in [0.1, 0.15) is 5.56 Å². The van der Waals surface area contributed by atoms with Crippen molar-refractivity contribution in [2.24, 2.45) is 10.7 Å². The molecule has 0 bridgehead atoms. The van der Waals surface area contributed by atoms with E-state index in [0.29, 0.717) is 5.56 Å². The second kappa shape index (κ2) is 4.72. The number of rotatable bonds is 3. The van der Waals surface area contributed by atoms with Crippen LogP contribution in [0.4, 0.5) is 4.39 Å². The highest BCUT2D eigenvalue weighted by atomic mass is 35.5. The van der Waals surface area contributed by atoms with Crippen LogP contribution >= 0.6 is 11.6 Å². The molecule has 0 fully saturated rings. The Balaban J connectivity index is 2.73. The number of amidine groups is 1. The molecule has 1 rings (SSSR count). The van der Waals surface area contributed by atoms with Crippen molar-refractivity contribution in [1.82, 2.24) is 0 Å². The number of hydrogen-bond donors (Lipinski definition) is 2. The number of halogens is 2. The van der Waals surface area contributed by atoms with E-state index in [2.05, 4.69) is 4.99 Å². The van der Waals surface area contributed by atoms with Crippen molar-refractivity contribution in [3.8, 4) is 0 Å². The lowest BCUT2D eigenvalue weighted by Gasteiger charge is -1.95. The topological polar surface area (TPSA) is 62.2 Å². The largest absolute Gasteiger partial charge is 0.386 e. The van der Waals surface area contributed by atoms with Crippen LogP contribution in [0.3, 0.4) is 0 Å². The van der Waals surface area contributed by atoms with Gasteiger partial charge in [0.25, 0.3) is 0 Å². The van der Waals surface area contributed by atoms with Crippen LogP contribution in [-0.4, -0.2) is 18.6 Å². The minimum absolute atomic E-state index is 0.0318. The highest BCUT2D eigenvalue weighted by Crippen LogP contribution is 2.14. The lowest BCUT2D eigenvalue weighted by atomic mass is 10.2. The molecule has 74 valence electrons. The summed E-state index contributed by atoms with van der Waals surface area (Å²) in [6.07, 6.45) is 1.45. The lowest BCUT2D eigenvalue weighted by Crippen LogP contribution is -2.12. The molecule has 0 unspecified atom stereocenters. The number of nitrogens with one attached hydrogen (secondary N) is 1. The van der Waals surface area contributed by atoms with Gasteiger partial charge in [-0.15, -0.1) is 0 Å². The van der Waals surface area contributed by atoms with Gasteiger partial charge >= 0.3 is 0 Å².